The summed E-state index contributed by atoms with van der Waals surface area (Å²) < 4.78 is 5.85. The molecule has 2 aromatic rings. The zero-order valence-corrected chi connectivity index (χ0v) is 10.5. The zero-order valence-electron chi connectivity index (χ0n) is 10.5. The van der Waals surface area contributed by atoms with Crippen LogP contribution < -0.4 is 0 Å². The fourth-order valence-electron chi connectivity index (χ4n) is 1.80. The summed E-state index contributed by atoms with van der Waals surface area (Å²) in [6.45, 7) is 0.800. The Labute approximate surface area is 112 Å². The molecule has 1 atom stereocenters. The number of hydrogen-bond acceptors (Lipinski definition) is 2. The third-order valence-electron chi connectivity index (χ3n) is 2.78. The van der Waals surface area contributed by atoms with E-state index in [0.29, 0.717) is 13.2 Å². The maximum Gasteiger partial charge on any atom is 0.0885 e. The molecule has 2 rings (SSSR count). The van der Waals surface area contributed by atoms with Gasteiger partial charge in [0.25, 0.3) is 0 Å². The smallest absolute Gasteiger partial charge is 0.0885 e. The molecule has 0 radical (unpaired) electrons. The molecule has 0 aromatic heterocycles. The van der Waals surface area contributed by atoms with Crippen molar-refractivity contribution in [3.8, 4) is 0 Å². The Bertz CT molecular complexity index is 536. The van der Waals surface area contributed by atoms with Crippen molar-refractivity contribution in [2.24, 2.45) is 5.11 Å². The number of rotatable bonds is 6. The Hall–Kier alpha value is -2.29. The molecule has 0 N–H and O–H groups in total. The van der Waals surface area contributed by atoms with Crippen LogP contribution in [0.1, 0.15) is 17.2 Å². The Kier molecular flexibility index (Phi) is 4.99. The predicted molar refractivity (Wildman–Crippen MR) is 74.4 cm³/mol. The van der Waals surface area contributed by atoms with Crippen LogP contribution in [-0.2, 0) is 11.3 Å². The maximum atomic E-state index is 8.45. The lowest BCUT2D eigenvalue weighted by Crippen LogP contribution is -2.07. The van der Waals surface area contributed by atoms with Gasteiger partial charge >= 0.3 is 0 Å². The number of ether oxygens (including phenoxy) is 1. The first-order chi connectivity index (χ1) is 9.40. The van der Waals surface area contributed by atoms with Gasteiger partial charge in [0, 0.05) is 4.91 Å². The minimum absolute atomic E-state index is 0.211. The third kappa shape index (κ3) is 4.14. The summed E-state index contributed by atoms with van der Waals surface area (Å²) in [7, 11) is 0. The summed E-state index contributed by atoms with van der Waals surface area (Å²) in [5.41, 5.74) is 10.6. The number of azide groups is 1. The van der Waals surface area contributed by atoms with E-state index >= 15 is 0 Å². The van der Waals surface area contributed by atoms with Gasteiger partial charge < -0.3 is 4.74 Å². The first-order valence-electron chi connectivity index (χ1n) is 6.11. The van der Waals surface area contributed by atoms with Gasteiger partial charge in [0.05, 0.1) is 19.3 Å². The van der Waals surface area contributed by atoms with Gasteiger partial charge in [-0.05, 0) is 16.7 Å². The van der Waals surface area contributed by atoms with Crippen molar-refractivity contribution in [3.05, 3.63) is 82.2 Å². The number of hydrogen-bond donors (Lipinski definition) is 0. The summed E-state index contributed by atoms with van der Waals surface area (Å²) in [5.74, 6) is 0. The van der Waals surface area contributed by atoms with Crippen molar-refractivity contribution in [1.82, 2.24) is 0 Å². The molecule has 96 valence electrons. The van der Waals surface area contributed by atoms with E-state index in [-0.39, 0.29) is 6.10 Å². The van der Waals surface area contributed by atoms with Gasteiger partial charge in [-0.1, -0.05) is 65.8 Å². The normalized spacial score (nSPS) is 11.6. The topological polar surface area (TPSA) is 58.0 Å². The fraction of sp³-hybridized carbons (Fsp3) is 0.200. The highest BCUT2D eigenvalue weighted by molar-refractivity contribution is 5.18. The fourth-order valence-corrected chi connectivity index (χ4v) is 1.80. The van der Waals surface area contributed by atoms with E-state index in [9.17, 15) is 0 Å². The summed E-state index contributed by atoms with van der Waals surface area (Å²) in [6.07, 6.45) is -0.211. The van der Waals surface area contributed by atoms with Gasteiger partial charge in [0.2, 0.25) is 0 Å². The van der Waals surface area contributed by atoms with Gasteiger partial charge in [0.1, 0.15) is 0 Å². The van der Waals surface area contributed by atoms with Gasteiger partial charge in [-0.3, -0.25) is 0 Å². The summed E-state index contributed by atoms with van der Waals surface area (Å²) >= 11 is 0. The highest BCUT2D eigenvalue weighted by atomic mass is 16.5. The van der Waals surface area contributed by atoms with Crippen LogP contribution in [0, 0.1) is 0 Å². The molecule has 2 aromatic carbocycles. The summed E-state index contributed by atoms with van der Waals surface area (Å²) in [6, 6.07) is 19.7. The maximum absolute atomic E-state index is 8.45. The first kappa shape index (κ1) is 13.1. The van der Waals surface area contributed by atoms with Crippen LogP contribution in [0.15, 0.2) is 65.8 Å². The molecule has 0 spiro atoms. The van der Waals surface area contributed by atoms with Crippen LogP contribution in [0.3, 0.4) is 0 Å². The predicted octanol–water partition coefficient (Wildman–Crippen LogP) is 4.25. The molecule has 0 fully saturated rings. The molecule has 0 heterocycles. The molecular weight excluding hydrogens is 238 g/mol. The van der Waals surface area contributed by atoms with Crippen LogP contribution in [0.5, 0.6) is 0 Å². The average Bonchev–Trinajstić information content (AvgIpc) is 2.49. The van der Waals surface area contributed by atoms with Crippen molar-refractivity contribution in [2.45, 2.75) is 12.7 Å². The molecular formula is C15H15N3O. The molecule has 0 saturated carbocycles. The Morgan fingerprint density at radius 1 is 1.00 bits per heavy atom. The Balaban J connectivity index is 2.04. The van der Waals surface area contributed by atoms with E-state index in [1.54, 1.807) is 0 Å². The Morgan fingerprint density at radius 3 is 2.26 bits per heavy atom. The van der Waals surface area contributed by atoms with Crippen molar-refractivity contribution < 1.29 is 4.74 Å². The lowest BCUT2D eigenvalue weighted by atomic mass is 10.1. The molecule has 4 heteroatoms. The highest BCUT2D eigenvalue weighted by Gasteiger charge is 2.10. The average molecular weight is 253 g/mol. The molecule has 0 aliphatic heterocycles. The lowest BCUT2D eigenvalue weighted by Gasteiger charge is -2.16. The molecule has 0 bridgehead atoms. The third-order valence-corrected chi connectivity index (χ3v) is 2.78. The van der Waals surface area contributed by atoms with Crippen LogP contribution in [-0.4, -0.2) is 6.54 Å². The zero-order chi connectivity index (χ0) is 13.3. The largest absolute Gasteiger partial charge is 0.369 e. The monoisotopic (exact) mass is 253 g/mol. The molecule has 1 unspecified atom stereocenters. The number of nitrogens with zero attached hydrogens (tertiary/aromatic N) is 3. The van der Waals surface area contributed by atoms with Crippen molar-refractivity contribution in [2.75, 3.05) is 6.54 Å². The second-order valence-corrected chi connectivity index (χ2v) is 4.11. The molecule has 4 nitrogen and oxygen atoms in total. The highest BCUT2D eigenvalue weighted by Crippen LogP contribution is 2.19. The van der Waals surface area contributed by atoms with Crippen LogP contribution in [0.2, 0.25) is 0 Å². The summed E-state index contributed by atoms with van der Waals surface area (Å²) in [4.78, 5) is 2.80. The van der Waals surface area contributed by atoms with Gasteiger partial charge in [-0.25, -0.2) is 0 Å². The standard InChI is InChI=1S/C15H15N3O/c16-18-17-11-15(14-9-5-2-6-10-14)19-12-13-7-3-1-4-8-13/h1-10,15H,11-12H2. The molecule has 0 aliphatic rings. The molecule has 0 saturated heterocycles. The van der Waals surface area contributed by atoms with Crippen LogP contribution >= 0.6 is 0 Å². The van der Waals surface area contributed by atoms with E-state index in [1.165, 1.54) is 0 Å². The second kappa shape index (κ2) is 7.21. The molecule has 0 aliphatic carbocycles. The summed E-state index contributed by atoms with van der Waals surface area (Å²) in [5, 5.41) is 3.62. The van der Waals surface area contributed by atoms with E-state index in [4.69, 9.17) is 10.3 Å². The minimum Gasteiger partial charge on any atom is -0.369 e. The second-order valence-electron chi connectivity index (χ2n) is 4.11. The molecule has 0 amide bonds. The Morgan fingerprint density at radius 2 is 1.63 bits per heavy atom. The van der Waals surface area contributed by atoms with Crippen molar-refractivity contribution >= 4 is 0 Å². The van der Waals surface area contributed by atoms with Gasteiger partial charge in [0.15, 0.2) is 0 Å². The van der Waals surface area contributed by atoms with E-state index in [0.717, 1.165) is 11.1 Å². The van der Waals surface area contributed by atoms with E-state index in [1.807, 2.05) is 60.7 Å². The van der Waals surface area contributed by atoms with E-state index < -0.39 is 0 Å². The van der Waals surface area contributed by atoms with Crippen molar-refractivity contribution in [3.63, 3.8) is 0 Å². The van der Waals surface area contributed by atoms with Gasteiger partial charge in [-0.2, -0.15) is 0 Å². The van der Waals surface area contributed by atoms with E-state index in [2.05, 4.69) is 10.0 Å². The first-order valence-corrected chi connectivity index (χ1v) is 6.11. The SMILES string of the molecule is [N-]=[N+]=NCC(OCc1ccccc1)c1ccccc1. The van der Waals surface area contributed by atoms with Crippen LogP contribution in [0.25, 0.3) is 10.4 Å². The number of benzene rings is 2. The quantitative estimate of drug-likeness (QED) is 0.431. The van der Waals surface area contributed by atoms with Crippen LogP contribution in [0.4, 0.5) is 0 Å². The minimum atomic E-state index is -0.211. The lowest BCUT2D eigenvalue weighted by molar-refractivity contribution is 0.0457. The van der Waals surface area contributed by atoms with Crippen molar-refractivity contribution in [1.29, 1.82) is 0 Å². The van der Waals surface area contributed by atoms with Gasteiger partial charge in [-0.15, -0.1) is 0 Å². The molecule has 19 heavy (non-hydrogen) atoms.